The summed E-state index contributed by atoms with van der Waals surface area (Å²) < 4.78 is 0. The molecule has 0 bridgehead atoms. The van der Waals surface area contributed by atoms with E-state index in [9.17, 15) is 9.59 Å². The molecule has 4 nitrogen and oxygen atoms in total. The first-order chi connectivity index (χ1) is 5.04. The summed E-state index contributed by atoms with van der Waals surface area (Å²) in [5.74, 6) is -1.66. The maximum atomic E-state index is 9.62. The number of carbonyl (C=O) groups is 2. The van der Waals surface area contributed by atoms with Crippen LogP contribution in [0.4, 0.5) is 0 Å². The number of aliphatic carboxylic acids is 2. The van der Waals surface area contributed by atoms with E-state index < -0.39 is 11.9 Å². The van der Waals surface area contributed by atoms with E-state index in [1.807, 2.05) is 0 Å². The van der Waals surface area contributed by atoms with E-state index in [0.717, 1.165) is 29.4 Å². The van der Waals surface area contributed by atoms with Gasteiger partial charge in [0.2, 0.25) is 0 Å². The van der Waals surface area contributed by atoms with Gasteiger partial charge >= 0.3 is 51.6 Å². The fourth-order valence-corrected chi connectivity index (χ4v) is 0.786. The van der Waals surface area contributed by atoms with Crippen LogP contribution < -0.4 is 0 Å². The fourth-order valence-electron chi connectivity index (χ4n) is 0.151. The first-order valence-electron chi connectivity index (χ1n) is 2.91. The van der Waals surface area contributed by atoms with Gasteiger partial charge in [-0.3, -0.25) is 0 Å². The fraction of sp³-hybridized carbons (Fsp3) is 0.333. The molecular formula is C6H9O4Zn. The number of rotatable bonds is 3. The average molecular weight is 211 g/mol. The quantitative estimate of drug-likeness (QED) is 0.531. The second-order valence-electron chi connectivity index (χ2n) is 1.54. The molecule has 0 spiro atoms. The molecule has 0 fully saturated rings. The van der Waals surface area contributed by atoms with Crippen LogP contribution in [0.1, 0.15) is 6.42 Å². The van der Waals surface area contributed by atoms with Crippen molar-refractivity contribution in [2.24, 2.45) is 0 Å². The van der Waals surface area contributed by atoms with Gasteiger partial charge in [0, 0.05) is 6.08 Å². The third-order valence-corrected chi connectivity index (χ3v) is 1.31. The third kappa shape index (κ3) is 26.8. The van der Waals surface area contributed by atoms with Crippen molar-refractivity contribution >= 4 is 11.9 Å². The maximum absolute atomic E-state index is 9.62. The van der Waals surface area contributed by atoms with Crippen molar-refractivity contribution in [2.45, 2.75) is 11.4 Å². The number of carboxylic acid groups (broad SMARTS) is 2. The number of carboxylic acids is 2. The summed E-state index contributed by atoms with van der Waals surface area (Å²) in [5, 5.41) is 16.4. The molecule has 0 radical (unpaired) electrons. The molecule has 0 rings (SSSR count). The Labute approximate surface area is 74.6 Å². The van der Waals surface area contributed by atoms with Crippen molar-refractivity contribution in [2.75, 3.05) is 0 Å². The van der Waals surface area contributed by atoms with Gasteiger partial charge in [-0.05, 0) is 0 Å². The van der Waals surface area contributed by atoms with Gasteiger partial charge in [-0.15, -0.1) is 0 Å². The molecule has 5 heteroatoms. The van der Waals surface area contributed by atoms with Crippen LogP contribution in [-0.2, 0) is 27.9 Å². The number of hydrogen-bond acceptors (Lipinski definition) is 2. The Morgan fingerprint density at radius 2 is 1.82 bits per heavy atom. The van der Waals surface area contributed by atoms with Crippen molar-refractivity contribution in [1.29, 1.82) is 0 Å². The summed E-state index contributed by atoms with van der Waals surface area (Å²) >= 11 is 1.09. The van der Waals surface area contributed by atoms with E-state index in [-0.39, 0.29) is 0 Å². The van der Waals surface area contributed by atoms with E-state index in [1.54, 1.807) is 0 Å². The molecule has 0 aromatic rings. The topological polar surface area (TPSA) is 74.6 Å². The summed E-state index contributed by atoms with van der Waals surface area (Å²) in [5.41, 5.74) is 0. The molecule has 11 heavy (non-hydrogen) atoms. The van der Waals surface area contributed by atoms with Crippen molar-refractivity contribution in [1.82, 2.24) is 0 Å². The van der Waals surface area contributed by atoms with Gasteiger partial charge in [0.05, 0.1) is 0 Å². The molecule has 0 heterocycles. The molecule has 0 saturated carbocycles. The predicted molar refractivity (Wildman–Crippen MR) is 34.9 cm³/mol. The first kappa shape index (κ1) is 12.9. The molecule has 0 aromatic carbocycles. The zero-order chi connectivity index (χ0) is 9.28. The Kier molecular flexibility index (Phi) is 10.9. The molecule has 0 aliphatic carbocycles. The van der Waals surface area contributed by atoms with Gasteiger partial charge < -0.3 is 5.11 Å². The van der Waals surface area contributed by atoms with Gasteiger partial charge in [-0.2, -0.15) is 0 Å². The monoisotopic (exact) mass is 209 g/mol. The zero-order valence-corrected chi connectivity index (χ0v) is 9.08. The summed E-state index contributed by atoms with van der Waals surface area (Å²) in [6, 6.07) is 0. The summed E-state index contributed by atoms with van der Waals surface area (Å²) in [4.78, 5) is 18.9. The Morgan fingerprint density at radius 1 is 1.45 bits per heavy atom. The SMILES string of the molecule is C=CC(=O)O.O=C(O)C[CH2][Zn]. The predicted octanol–water partition coefficient (Wildman–Crippen LogP) is 0.683. The Bertz CT molecular complexity index is 144. The Morgan fingerprint density at radius 3 is 1.82 bits per heavy atom. The minimum atomic E-state index is -0.981. The van der Waals surface area contributed by atoms with Gasteiger partial charge in [0.25, 0.3) is 0 Å². The van der Waals surface area contributed by atoms with Gasteiger partial charge in [0.1, 0.15) is 0 Å². The van der Waals surface area contributed by atoms with Crippen LogP contribution in [0.25, 0.3) is 0 Å². The van der Waals surface area contributed by atoms with E-state index in [0.29, 0.717) is 6.42 Å². The zero-order valence-electron chi connectivity index (χ0n) is 6.12. The van der Waals surface area contributed by atoms with E-state index in [2.05, 4.69) is 6.58 Å². The molecule has 0 aliphatic rings. The van der Waals surface area contributed by atoms with Crippen molar-refractivity contribution in [3.8, 4) is 0 Å². The van der Waals surface area contributed by atoms with E-state index >= 15 is 0 Å². The van der Waals surface area contributed by atoms with Crippen LogP contribution >= 0.6 is 0 Å². The second-order valence-corrected chi connectivity index (χ2v) is 3.02. The Hall–Kier alpha value is -0.697. The minimum absolute atomic E-state index is 0.347. The molecule has 0 aromatic heterocycles. The van der Waals surface area contributed by atoms with Crippen molar-refractivity contribution in [3.05, 3.63) is 12.7 Å². The molecule has 0 aliphatic heterocycles. The normalized spacial score (nSPS) is 7.45. The van der Waals surface area contributed by atoms with Gasteiger partial charge in [-0.25, -0.2) is 4.79 Å². The van der Waals surface area contributed by atoms with Crippen LogP contribution in [-0.4, -0.2) is 22.2 Å². The standard InChI is InChI=1S/C3H5O2.C3H4O2.Zn/c2*1-2-3(4)5;/h1-2H2,(H,4,5);2H,1H2,(H,4,5);. The molecule has 0 saturated heterocycles. The van der Waals surface area contributed by atoms with E-state index in [4.69, 9.17) is 10.2 Å². The van der Waals surface area contributed by atoms with Crippen LogP contribution in [0.15, 0.2) is 12.7 Å². The third-order valence-electron chi connectivity index (χ3n) is 0.565. The summed E-state index contributed by atoms with van der Waals surface area (Å²) in [6.07, 6.45) is 1.18. The molecule has 59 valence electrons. The molecular weight excluding hydrogens is 201 g/mol. The van der Waals surface area contributed by atoms with Crippen LogP contribution in [0.2, 0.25) is 5.02 Å². The molecule has 0 amide bonds. The van der Waals surface area contributed by atoms with Crippen LogP contribution in [0.5, 0.6) is 0 Å². The van der Waals surface area contributed by atoms with Gasteiger partial charge in [-0.1, -0.05) is 6.58 Å². The molecule has 0 atom stereocenters. The Balaban J connectivity index is 0. The van der Waals surface area contributed by atoms with Gasteiger partial charge in [0.15, 0.2) is 0 Å². The van der Waals surface area contributed by atoms with Crippen LogP contribution in [0, 0.1) is 0 Å². The molecule has 0 unspecified atom stereocenters. The second kappa shape index (κ2) is 9.30. The first-order valence-corrected chi connectivity index (χ1v) is 5.00. The molecule has 2 N–H and O–H groups in total. The van der Waals surface area contributed by atoms with E-state index in [1.165, 1.54) is 0 Å². The van der Waals surface area contributed by atoms with Crippen molar-refractivity contribution in [3.63, 3.8) is 0 Å². The average Bonchev–Trinajstić information content (AvgIpc) is 1.89. The van der Waals surface area contributed by atoms with Crippen LogP contribution in [0.3, 0.4) is 0 Å². The number of hydrogen-bond donors (Lipinski definition) is 2. The summed E-state index contributed by atoms with van der Waals surface area (Å²) in [6.45, 7) is 2.96. The summed E-state index contributed by atoms with van der Waals surface area (Å²) in [7, 11) is 0. The van der Waals surface area contributed by atoms with Crippen molar-refractivity contribution < 1.29 is 38.1 Å².